The number of nitrogens with one attached hydrogen (secondary N) is 1. The smallest absolute Gasteiger partial charge is 0.308 e. The van der Waals surface area contributed by atoms with Gasteiger partial charge in [0, 0.05) is 18.6 Å². The van der Waals surface area contributed by atoms with E-state index >= 15 is 0 Å². The highest BCUT2D eigenvalue weighted by Crippen LogP contribution is 2.25. The molecule has 0 aromatic rings. The van der Waals surface area contributed by atoms with Crippen LogP contribution in [0, 0.1) is 11.8 Å². The maximum Gasteiger partial charge on any atom is 0.308 e. The highest BCUT2D eigenvalue weighted by Gasteiger charge is 2.34. The van der Waals surface area contributed by atoms with Crippen LogP contribution < -0.4 is 5.32 Å². The van der Waals surface area contributed by atoms with Gasteiger partial charge in [0.2, 0.25) is 5.91 Å². The first-order valence-corrected chi connectivity index (χ1v) is 7.53. The molecule has 2 N–H and O–H groups in total. The first-order chi connectivity index (χ1) is 9.25. The van der Waals surface area contributed by atoms with Crippen LogP contribution in [0.25, 0.3) is 0 Å². The third-order valence-corrected chi connectivity index (χ3v) is 4.46. The fourth-order valence-electron chi connectivity index (χ4n) is 3.08. The van der Waals surface area contributed by atoms with Crippen molar-refractivity contribution in [3.63, 3.8) is 0 Å². The molecule has 1 heterocycles. The van der Waals surface area contributed by atoms with Crippen molar-refractivity contribution in [3.05, 3.63) is 0 Å². The molecule has 0 aromatic heterocycles. The van der Waals surface area contributed by atoms with Gasteiger partial charge in [0.25, 0.3) is 0 Å². The summed E-state index contributed by atoms with van der Waals surface area (Å²) in [6.45, 7) is 10.1. The summed E-state index contributed by atoms with van der Waals surface area (Å²) in [5, 5.41) is 11.9. The summed E-state index contributed by atoms with van der Waals surface area (Å²) in [4.78, 5) is 25.6. The lowest BCUT2D eigenvalue weighted by atomic mass is 9.96. The molecule has 0 aromatic carbocycles. The monoisotopic (exact) mass is 284 g/mol. The Morgan fingerprint density at radius 2 is 1.70 bits per heavy atom. The minimum Gasteiger partial charge on any atom is -0.481 e. The molecule has 5 nitrogen and oxygen atoms in total. The zero-order chi connectivity index (χ0) is 15.4. The summed E-state index contributed by atoms with van der Waals surface area (Å²) in [7, 11) is 0. The van der Waals surface area contributed by atoms with Crippen molar-refractivity contribution in [1.82, 2.24) is 10.2 Å². The molecular weight excluding hydrogens is 256 g/mol. The number of carboxylic acids is 1. The Bertz CT molecular complexity index is 347. The molecule has 116 valence electrons. The zero-order valence-electron chi connectivity index (χ0n) is 13.2. The average Bonchev–Trinajstić information content (AvgIpc) is 2.67. The Balaban J connectivity index is 2.55. The van der Waals surface area contributed by atoms with Crippen molar-refractivity contribution in [2.24, 2.45) is 11.8 Å². The first kappa shape index (κ1) is 17.0. The van der Waals surface area contributed by atoms with Gasteiger partial charge in [-0.05, 0) is 39.5 Å². The standard InChI is InChI=1S/C15H28N2O3/c1-9(2)13(15(19)20)8-16-14(18)12(5)17-10(3)6-7-11(17)4/h9-13H,6-8H2,1-5H3,(H,16,18)(H,19,20). The lowest BCUT2D eigenvalue weighted by Crippen LogP contribution is -2.50. The van der Waals surface area contributed by atoms with E-state index in [0.29, 0.717) is 12.1 Å². The van der Waals surface area contributed by atoms with Crippen LogP contribution in [0.15, 0.2) is 0 Å². The van der Waals surface area contributed by atoms with Crippen molar-refractivity contribution in [1.29, 1.82) is 0 Å². The van der Waals surface area contributed by atoms with Crippen LogP contribution >= 0.6 is 0 Å². The number of rotatable bonds is 6. The van der Waals surface area contributed by atoms with Gasteiger partial charge in [-0.2, -0.15) is 0 Å². The molecule has 0 aliphatic carbocycles. The number of amides is 1. The van der Waals surface area contributed by atoms with Crippen LogP contribution in [0.2, 0.25) is 0 Å². The van der Waals surface area contributed by atoms with Gasteiger partial charge in [-0.1, -0.05) is 13.8 Å². The second-order valence-electron chi connectivity index (χ2n) is 6.33. The summed E-state index contributed by atoms with van der Waals surface area (Å²) in [6, 6.07) is 0.612. The SMILES string of the molecule is CC(C)C(CNC(=O)C(C)N1C(C)CCC1C)C(=O)O. The van der Waals surface area contributed by atoms with Crippen LogP contribution in [-0.4, -0.2) is 46.6 Å². The zero-order valence-corrected chi connectivity index (χ0v) is 13.2. The minimum atomic E-state index is -0.851. The maximum atomic E-state index is 12.2. The minimum absolute atomic E-state index is 0.00717. The molecule has 5 heteroatoms. The number of hydrogen-bond acceptors (Lipinski definition) is 3. The highest BCUT2D eigenvalue weighted by molar-refractivity contribution is 5.82. The van der Waals surface area contributed by atoms with E-state index in [0.717, 1.165) is 12.8 Å². The molecule has 1 rings (SSSR count). The van der Waals surface area contributed by atoms with E-state index in [4.69, 9.17) is 5.11 Å². The Morgan fingerprint density at radius 3 is 2.10 bits per heavy atom. The Kier molecular flexibility index (Phi) is 5.99. The van der Waals surface area contributed by atoms with Crippen LogP contribution in [-0.2, 0) is 9.59 Å². The molecule has 0 bridgehead atoms. The predicted molar refractivity (Wildman–Crippen MR) is 78.4 cm³/mol. The van der Waals surface area contributed by atoms with Gasteiger partial charge in [-0.15, -0.1) is 0 Å². The number of carbonyl (C=O) groups is 2. The number of carboxylic acid groups (broad SMARTS) is 1. The normalized spacial score (nSPS) is 26.5. The Hall–Kier alpha value is -1.10. The summed E-state index contributed by atoms with van der Waals surface area (Å²) in [5.74, 6) is -1.44. The van der Waals surface area contributed by atoms with Crippen LogP contribution in [0.1, 0.15) is 47.5 Å². The van der Waals surface area contributed by atoms with Gasteiger partial charge in [0.1, 0.15) is 0 Å². The lowest BCUT2D eigenvalue weighted by molar-refractivity contribution is -0.143. The van der Waals surface area contributed by atoms with E-state index in [-0.39, 0.29) is 24.4 Å². The van der Waals surface area contributed by atoms with Crippen molar-refractivity contribution in [2.45, 2.75) is 65.6 Å². The molecule has 1 amide bonds. The summed E-state index contributed by atoms with van der Waals surface area (Å²) in [6.07, 6.45) is 2.23. The van der Waals surface area contributed by atoms with Crippen LogP contribution in [0.4, 0.5) is 0 Å². The van der Waals surface area contributed by atoms with Gasteiger partial charge in [0.05, 0.1) is 12.0 Å². The summed E-state index contributed by atoms with van der Waals surface area (Å²) >= 11 is 0. The fraction of sp³-hybridized carbons (Fsp3) is 0.867. The third kappa shape index (κ3) is 3.95. The molecule has 1 aliphatic rings. The quantitative estimate of drug-likeness (QED) is 0.779. The Morgan fingerprint density at radius 1 is 1.20 bits per heavy atom. The van der Waals surface area contributed by atoms with Gasteiger partial charge >= 0.3 is 5.97 Å². The molecule has 1 saturated heterocycles. The van der Waals surface area contributed by atoms with E-state index in [1.807, 2.05) is 20.8 Å². The van der Waals surface area contributed by atoms with Gasteiger partial charge in [-0.25, -0.2) is 0 Å². The van der Waals surface area contributed by atoms with E-state index in [1.54, 1.807) is 0 Å². The lowest BCUT2D eigenvalue weighted by Gasteiger charge is -2.32. The fourth-order valence-corrected chi connectivity index (χ4v) is 3.08. The van der Waals surface area contributed by atoms with E-state index in [2.05, 4.69) is 24.1 Å². The highest BCUT2D eigenvalue weighted by atomic mass is 16.4. The van der Waals surface area contributed by atoms with E-state index < -0.39 is 11.9 Å². The van der Waals surface area contributed by atoms with Crippen molar-refractivity contribution in [2.75, 3.05) is 6.54 Å². The number of nitrogens with zero attached hydrogens (tertiary/aromatic N) is 1. The first-order valence-electron chi connectivity index (χ1n) is 7.53. The number of aliphatic carboxylic acids is 1. The molecule has 0 saturated carbocycles. The molecule has 4 unspecified atom stereocenters. The second-order valence-corrected chi connectivity index (χ2v) is 6.33. The number of likely N-dealkylation sites (tertiary alicyclic amines) is 1. The molecule has 0 radical (unpaired) electrons. The second kappa shape index (κ2) is 7.07. The van der Waals surface area contributed by atoms with Crippen LogP contribution in [0.5, 0.6) is 0 Å². The maximum absolute atomic E-state index is 12.2. The van der Waals surface area contributed by atoms with Gasteiger partial charge < -0.3 is 10.4 Å². The summed E-state index contributed by atoms with van der Waals surface area (Å²) in [5.41, 5.74) is 0. The average molecular weight is 284 g/mol. The van der Waals surface area contributed by atoms with Crippen molar-refractivity contribution < 1.29 is 14.7 Å². The molecule has 1 aliphatic heterocycles. The van der Waals surface area contributed by atoms with Gasteiger partial charge in [-0.3, -0.25) is 14.5 Å². The number of carbonyl (C=O) groups excluding carboxylic acids is 1. The van der Waals surface area contributed by atoms with E-state index in [1.165, 1.54) is 0 Å². The predicted octanol–water partition coefficient (Wildman–Crippen LogP) is 1.72. The van der Waals surface area contributed by atoms with E-state index in [9.17, 15) is 9.59 Å². The third-order valence-electron chi connectivity index (χ3n) is 4.46. The van der Waals surface area contributed by atoms with Gasteiger partial charge in [0.15, 0.2) is 0 Å². The Labute approximate surface area is 121 Å². The number of hydrogen-bond donors (Lipinski definition) is 2. The summed E-state index contributed by atoms with van der Waals surface area (Å²) < 4.78 is 0. The van der Waals surface area contributed by atoms with Crippen molar-refractivity contribution >= 4 is 11.9 Å². The molecule has 20 heavy (non-hydrogen) atoms. The topological polar surface area (TPSA) is 69.6 Å². The molecular formula is C15H28N2O3. The molecule has 4 atom stereocenters. The molecule has 1 fully saturated rings. The van der Waals surface area contributed by atoms with Crippen LogP contribution in [0.3, 0.4) is 0 Å². The molecule has 0 spiro atoms. The largest absolute Gasteiger partial charge is 0.481 e. The van der Waals surface area contributed by atoms with Crippen molar-refractivity contribution in [3.8, 4) is 0 Å².